The molecule has 3 aliphatic rings. The average molecular weight is 563 g/mol. The third-order valence-electron chi connectivity index (χ3n) is 9.65. The van der Waals surface area contributed by atoms with Gasteiger partial charge in [0.2, 0.25) is 0 Å². The van der Waals surface area contributed by atoms with Crippen molar-refractivity contribution >= 4 is 17.6 Å². The first-order chi connectivity index (χ1) is 19.4. The van der Waals surface area contributed by atoms with Gasteiger partial charge < -0.3 is 15.1 Å². The van der Waals surface area contributed by atoms with Gasteiger partial charge in [-0.05, 0) is 79.4 Å². The van der Waals surface area contributed by atoms with Gasteiger partial charge in [-0.15, -0.1) is 10.2 Å². The molecule has 3 heterocycles. The van der Waals surface area contributed by atoms with Crippen molar-refractivity contribution in [3.8, 4) is 0 Å². The molecule has 2 N–H and O–H groups in total. The van der Waals surface area contributed by atoms with E-state index in [1.54, 1.807) is 0 Å². The Hall–Kier alpha value is -3.30. The number of aliphatic imine (C=N–C) groups is 1. The molecule has 1 aromatic carbocycles. The van der Waals surface area contributed by atoms with Gasteiger partial charge in [-0.25, -0.2) is 4.99 Å². The van der Waals surface area contributed by atoms with E-state index in [4.69, 9.17) is 4.99 Å². The van der Waals surface area contributed by atoms with Gasteiger partial charge in [-0.3, -0.25) is 9.59 Å². The summed E-state index contributed by atoms with van der Waals surface area (Å²) in [6.07, 6.45) is 6.79. The Morgan fingerprint density at radius 3 is 2.32 bits per heavy atom. The topological polar surface area (TPSA) is 119 Å². The van der Waals surface area contributed by atoms with Crippen LogP contribution in [-0.2, 0) is 11.3 Å². The number of piperidine rings is 1. The number of H-pyrrole nitrogens is 1. The third kappa shape index (κ3) is 6.02. The molecule has 5 rings (SSSR count). The lowest BCUT2D eigenvalue weighted by Gasteiger charge is -2.47. The number of aromatic nitrogens is 4. The van der Waals surface area contributed by atoms with Gasteiger partial charge in [0.25, 0.3) is 11.8 Å². The van der Waals surface area contributed by atoms with Gasteiger partial charge in [0.15, 0.2) is 11.7 Å². The normalized spacial score (nSPS) is 25.4. The molecule has 0 bridgehead atoms. The number of likely N-dealkylation sites (tertiary alicyclic amines) is 1. The standard InChI is InChI=1S/C31H46N8O2/c1-7-24(21-8-10-22(11-9-21)27(40)32-20-25-34-36-37-35-25)39-28(41)26(38-18-16-30(5,6)17-19-38)33-31(39)14-12-23(13-15-31)29(2,3)4/h8-11,23-24H,7,12-20H2,1-6H3,(H,32,40)(H,34,35,36,37)/t23?,24-,31?/m1/s1. The number of tetrazole rings is 1. The van der Waals surface area contributed by atoms with Gasteiger partial charge in [0.1, 0.15) is 5.66 Å². The first kappa shape index (κ1) is 29.2. The minimum Gasteiger partial charge on any atom is -0.352 e. The lowest BCUT2D eigenvalue weighted by Crippen LogP contribution is -2.52. The van der Waals surface area contributed by atoms with Crippen molar-refractivity contribution in [2.24, 2.45) is 21.7 Å². The predicted molar refractivity (Wildman–Crippen MR) is 158 cm³/mol. The van der Waals surface area contributed by atoms with Gasteiger partial charge >= 0.3 is 0 Å². The summed E-state index contributed by atoms with van der Waals surface area (Å²) >= 11 is 0. The molecule has 10 nitrogen and oxygen atoms in total. The number of aromatic amines is 1. The van der Waals surface area contributed by atoms with Crippen molar-refractivity contribution in [2.75, 3.05) is 13.1 Å². The molecule has 1 atom stereocenters. The largest absolute Gasteiger partial charge is 0.352 e. The van der Waals surface area contributed by atoms with Gasteiger partial charge in [0.05, 0.1) is 12.6 Å². The summed E-state index contributed by atoms with van der Waals surface area (Å²) in [6.45, 7) is 15.7. The Morgan fingerprint density at radius 2 is 1.76 bits per heavy atom. The fourth-order valence-electron chi connectivity index (χ4n) is 6.80. The number of hydrogen-bond acceptors (Lipinski definition) is 7. The molecule has 10 heteroatoms. The molecule has 2 amide bonds. The highest BCUT2D eigenvalue weighted by Crippen LogP contribution is 2.49. The maximum Gasteiger partial charge on any atom is 0.291 e. The van der Waals surface area contributed by atoms with Crippen molar-refractivity contribution in [1.82, 2.24) is 35.7 Å². The second-order valence-corrected chi connectivity index (χ2v) is 13.9. The summed E-state index contributed by atoms with van der Waals surface area (Å²) in [5, 5.41) is 16.5. The lowest BCUT2D eigenvalue weighted by atomic mass is 9.69. The van der Waals surface area contributed by atoms with Crippen molar-refractivity contribution in [3.05, 3.63) is 41.2 Å². The summed E-state index contributed by atoms with van der Waals surface area (Å²) in [4.78, 5) is 36.8. The Labute approximate surface area is 243 Å². The number of carbonyl (C=O) groups is 2. The van der Waals surface area contributed by atoms with E-state index in [1.165, 1.54) is 0 Å². The van der Waals surface area contributed by atoms with Crippen LogP contribution in [0.2, 0.25) is 0 Å². The zero-order valence-electron chi connectivity index (χ0n) is 25.5. The highest BCUT2D eigenvalue weighted by molar-refractivity contribution is 6.39. The molecule has 0 radical (unpaired) electrons. The number of hydrogen-bond donors (Lipinski definition) is 2. The van der Waals surface area contributed by atoms with Crippen LogP contribution in [-0.4, -0.2) is 66.8 Å². The van der Waals surface area contributed by atoms with Crippen molar-refractivity contribution in [2.45, 2.75) is 105 Å². The van der Waals surface area contributed by atoms with E-state index in [0.717, 1.165) is 63.6 Å². The summed E-state index contributed by atoms with van der Waals surface area (Å²) < 4.78 is 0. The molecule has 2 aromatic rings. The van der Waals surface area contributed by atoms with E-state index >= 15 is 0 Å². The Balaban J connectivity index is 1.39. The monoisotopic (exact) mass is 562 g/mol. The lowest BCUT2D eigenvalue weighted by molar-refractivity contribution is -0.134. The Bertz CT molecular complexity index is 1240. The van der Waals surface area contributed by atoms with Gasteiger partial charge in [-0.2, -0.15) is 5.21 Å². The minimum atomic E-state index is -0.511. The molecule has 2 aliphatic heterocycles. The highest BCUT2D eigenvalue weighted by atomic mass is 16.2. The number of nitrogens with zero attached hydrogens (tertiary/aromatic N) is 6. The van der Waals surface area contributed by atoms with Crippen LogP contribution in [0, 0.1) is 16.7 Å². The number of nitrogens with one attached hydrogen (secondary N) is 2. The molecule has 1 saturated heterocycles. The van der Waals surface area contributed by atoms with E-state index in [-0.39, 0.29) is 29.8 Å². The minimum absolute atomic E-state index is 0.0627. The quantitative estimate of drug-likeness (QED) is 0.518. The molecule has 1 saturated carbocycles. The zero-order valence-corrected chi connectivity index (χ0v) is 25.5. The van der Waals surface area contributed by atoms with Crippen LogP contribution in [0.4, 0.5) is 0 Å². The molecule has 41 heavy (non-hydrogen) atoms. The van der Waals surface area contributed by atoms with Crippen LogP contribution in [0.1, 0.15) is 114 Å². The van der Waals surface area contributed by atoms with Crippen LogP contribution in [0.25, 0.3) is 0 Å². The van der Waals surface area contributed by atoms with Crippen LogP contribution in [0.15, 0.2) is 29.3 Å². The highest BCUT2D eigenvalue weighted by Gasteiger charge is 2.53. The van der Waals surface area contributed by atoms with E-state index in [1.807, 2.05) is 24.3 Å². The first-order valence-corrected chi connectivity index (χ1v) is 15.2. The van der Waals surface area contributed by atoms with Gasteiger partial charge in [-0.1, -0.05) is 58.9 Å². The predicted octanol–water partition coefficient (Wildman–Crippen LogP) is 4.88. The third-order valence-corrected chi connectivity index (χ3v) is 9.65. The fourth-order valence-corrected chi connectivity index (χ4v) is 6.80. The first-order valence-electron chi connectivity index (χ1n) is 15.2. The number of rotatable bonds is 6. The average Bonchev–Trinajstić information content (AvgIpc) is 3.55. The summed E-state index contributed by atoms with van der Waals surface area (Å²) in [5.41, 5.74) is 1.61. The molecule has 222 valence electrons. The summed E-state index contributed by atoms with van der Waals surface area (Å²) in [6, 6.07) is 7.53. The van der Waals surface area contributed by atoms with E-state index in [9.17, 15) is 9.59 Å². The van der Waals surface area contributed by atoms with E-state index in [0.29, 0.717) is 28.6 Å². The maximum absolute atomic E-state index is 14.3. The molecule has 1 aliphatic carbocycles. The number of carbonyl (C=O) groups excluding carboxylic acids is 2. The second kappa shape index (κ2) is 11.2. The summed E-state index contributed by atoms with van der Waals surface area (Å²) in [5.74, 6) is 1.55. The van der Waals surface area contributed by atoms with Gasteiger partial charge in [0, 0.05) is 18.7 Å². The molecule has 1 spiro atoms. The summed E-state index contributed by atoms with van der Waals surface area (Å²) in [7, 11) is 0. The zero-order chi connectivity index (χ0) is 29.4. The van der Waals surface area contributed by atoms with E-state index < -0.39 is 5.66 Å². The number of amidine groups is 1. The molecule has 0 unspecified atom stereocenters. The van der Waals surface area contributed by atoms with Crippen LogP contribution in [0.3, 0.4) is 0 Å². The number of amides is 2. The fraction of sp³-hybridized carbons (Fsp3) is 0.677. The van der Waals surface area contributed by atoms with Crippen LogP contribution < -0.4 is 5.32 Å². The van der Waals surface area contributed by atoms with Crippen LogP contribution in [0.5, 0.6) is 0 Å². The maximum atomic E-state index is 14.3. The molecular weight excluding hydrogens is 516 g/mol. The number of benzene rings is 1. The smallest absolute Gasteiger partial charge is 0.291 e. The Morgan fingerprint density at radius 1 is 1.10 bits per heavy atom. The SMILES string of the molecule is CC[C@H](c1ccc(C(=O)NCc2nn[nH]n2)cc1)N1C(=O)C(N2CCC(C)(C)CC2)=NC12CCC(C(C)(C)C)CC2. The molecule has 2 fully saturated rings. The van der Waals surface area contributed by atoms with Crippen LogP contribution >= 0.6 is 0 Å². The second-order valence-electron chi connectivity index (χ2n) is 13.9. The molecular formula is C31H46N8O2. The van der Waals surface area contributed by atoms with Crippen molar-refractivity contribution in [1.29, 1.82) is 0 Å². The van der Waals surface area contributed by atoms with E-state index in [2.05, 4.69) is 77.3 Å². The van der Waals surface area contributed by atoms with Crippen molar-refractivity contribution < 1.29 is 9.59 Å². The molecule has 1 aromatic heterocycles. The Kier molecular flexibility index (Phi) is 7.96. The van der Waals surface area contributed by atoms with Crippen molar-refractivity contribution in [3.63, 3.8) is 0 Å².